The molecule has 9 heavy (non-hydrogen) atoms. The number of halogens is 1. The third-order valence-electron chi connectivity index (χ3n) is 1.73. The van der Waals surface area contributed by atoms with E-state index in [0.29, 0.717) is 5.54 Å². The van der Waals surface area contributed by atoms with Gasteiger partial charge in [0.2, 0.25) is 0 Å². The lowest BCUT2D eigenvalue weighted by Crippen LogP contribution is -2.40. The molecule has 0 rings (SSSR count). The standard InChI is InChI=1S/C5H15NOSi.ClH/c1-4(8)5(2,3)6-7;/h4,6-7H,1-3,8H3;1H. The number of hydrogen-bond donors (Lipinski definition) is 2. The molecule has 0 aliphatic rings. The minimum absolute atomic E-state index is 0. The molecule has 0 saturated carbocycles. The van der Waals surface area contributed by atoms with Crippen molar-refractivity contribution in [3.05, 3.63) is 0 Å². The van der Waals surface area contributed by atoms with Crippen molar-refractivity contribution in [1.82, 2.24) is 5.48 Å². The molecule has 0 aromatic heterocycles. The SMILES string of the molecule is CC([SiH3])C(C)(C)NO.Cl. The van der Waals surface area contributed by atoms with Crippen molar-refractivity contribution in [1.29, 1.82) is 0 Å². The molecule has 0 aliphatic heterocycles. The largest absolute Gasteiger partial charge is 0.316 e. The predicted octanol–water partition coefficient (Wildman–Crippen LogP) is 0.339. The van der Waals surface area contributed by atoms with E-state index in [4.69, 9.17) is 5.21 Å². The predicted molar refractivity (Wildman–Crippen MR) is 45.6 cm³/mol. The zero-order valence-corrected chi connectivity index (χ0v) is 9.25. The zero-order chi connectivity index (χ0) is 6.78. The van der Waals surface area contributed by atoms with Gasteiger partial charge in [0.25, 0.3) is 0 Å². The molecular formula is C5H16ClNOSi. The molecule has 0 fully saturated rings. The topological polar surface area (TPSA) is 32.3 Å². The molecule has 0 spiro atoms. The molecule has 0 aromatic carbocycles. The van der Waals surface area contributed by atoms with Crippen LogP contribution in [0.1, 0.15) is 20.8 Å². The lowest BCUT2D eigenvalue weighted by molar-refractivity contribution is 0.0799. The average Bonchev–Trinajstić information content (AvgIpc) is 1.67. The molecule has 2 nitrogen and oxygen atoms in total. The fraction of sp³-hybridized carbons (Fsp3) is 1.00. The van der Waals surface area contributed by atoms with Crippen molar-refractivity contribution < 1.29 is 5.21 Å². The molecule has 0 radical (unpaired) electrons. The third-order valence-corrected chi connectivity index (χ3v) is 3.17. The highest BCUT2D eigenvalue weighted by Gasteiger charge is 2.19. The van der Waals surface area contributed by atoms with Gasteiger partial charge in [-0.2, -0.15) is 0 Å². The summed E-state index contributed by atoms with van der Waals surface area (Å²) in [6.45, 7) is 6.10. The fourth-order valence-electron chi connectivity index (χ4n) is 0.129. The summed E-state index contributed by atoms with van der Waals surface area (Å²) >= 11 is 0. The van der Waals surface area contributed by atoms with Crippen molar-refractivity contribution in [3.63, 3.8) is 0 Å². The summed E-state index contributed by atoms with van der Waals surface area (Å²) in [6.07, 6.45) is 0. The van der Waals surface area contributed by atoms with E-state index in [9.17, 15) is 0 Å². The maximum absolute atomic E-state index is 8.54. The van der Waals surface area contributed by atoms with E-state index in [2.05, 4.69) is 12.4 Å². The van der Waals surface area contributed by atoms with Crippen LogP contribution in [0.5, 0.6) is 0 Å². The second-order valence-corrected chi connectivity index (χ2v) is 4.72. The highest BCUT2D eigenvalue weighted by Crippen LogP contribution is 2.16. The summed E-state index contributed by atoms with van der Waals surface area (Å²) in [5, 5.41) is 8.54. The van der Waals surface area contributed by atoms with Crippen molar-refractivity contribution in [2.45, 2.75) is 31.9 Å². The van der Waals surface area contributed by atoms with Crippen LogP contribution in [-0.2, 0) is 0 Å². The average molecular weight is 170 g/mol. The van der Waals surface area contributed by atoms with Crippen LogP contribution in [0.2, 0.25) is 5.54 Å². The Morgan fingerprint density at radius 1 is 1.56 bits per heavy atom. The minimum atomic E-state index is -0.0910. The molecule has 0 saturated heterocycles. The first-order chi connectivity index (χ1) is 3.50. The summed E-state index contributed by atoms with van der Waals surface area (Å²) in [4.78, 5) is 0. The highest BCUT2D eigenvalue weighted by atomic mass is 35.5. The fourth-order valence-corrected chi connectivity index (χ4v) is 0.258. The van der Waals surface area contributed by atoms with Gasteiger partial charge in [0.05, 0.1) is 0 Å². The summed E-state index contributed by atoms with van der Waals surface area (Å²) in [6, 6.07) is 0. The second kappa shape index (κ2) is 4.28. The smallest absolute Gasteiger partial charge is 0.0367 e. The van der Waals surface area contributed by atoms with Gasteiger partial charge in [0.1, 0.15) is 0 Å². The quantitative estimate of drug-likeness (QED) is 0.462. The van der Waals surface area contributed by atoms with Crippen molar-refractivity contribution in [2.75, 3.05) is 0 Å². The van der Waals surface area contributed by atoms with E-state index in [-0.39, 0.29) is 17.9 Å². The highest BCUT2D eigenvalue weighted by molar-refractivity contribution is 6.12. The van der Waals surface area contributed by atoms with Crippen molar-refractivity contribution >= 4 is 22.6 Å². The van der Waals surface area contributed by atoms with Gasteiger partial charge >= 0.3 is 0 Å². The Bertz CT molecular complexity index is 77.4. The number of hydroxylamine groups is 1. The molecule has 1 unspecified atom stereocenters. The maximum atomic E-state index is 8.54. The van der Waals surface area contributed by atoms with Gasteiger partial charge in [-0.05, 0) is 19.4 Å². The molecule has 0 amide bonds. The third kappa shape index (κ3) is 3.92. The van der Waals surface area contributed by atoms with Gasteiger partial charge in [-0.25, -0.2) is 5.48 Å². The molecule has 4 heteroatoms. The molecule has 0 bridgehead atoms. The van der Waals surface area contributed by atoms with Gasteiger partial charge in [-0.1, -0.05) is 6.92 Å². The summed E-state index contributed by atoms with van der Waals surface area (Å²) in [5.74, 6) is 0. The Hall–Kier alpha value is 0.427. The first kappa shape index (κ1) is 12.1. The van der Waals surface area contributed by atoms with Crippen LogP contribution in [0.4, 0.5) is 0 Å². The Kier molecular flexibility index (Phi) is 5.77. The van der Waals surface area contributed by atoms with E-state index in [1.807, 2.05) is 13.8 Å². The van der Waals surface area contributed by atoms with Crippen LogP contribution in [0, 0.1) is 0 Å². The molecule has 58 valence electrons. The zero-order valence-electron chi connectivity index (χ0n) is 6.43. The first-order valence-electron chi connectivity index (χ1n) is 2.92. The van der Waals surface area contributed by atoms with Gasteiger partial charge in [0, 0.05) is 15.8 Å². The molecule has 0 aromatic rings. The number of hydrogen-bond acceptors (Lipinski definition) is 2. The Morgan fingerprint density at radius 3 is 1.89 bits per heavy atom. The van der Waals surface area contributed by atoms with E-state index in [0.717, 1.165) is 10.2 Å². The normalized spacial score (nSPS) is 14.7. The van der Waals surface area contributed by atoms with Crippen LogP contribution in [0.25, 0.3) is 0 Å². The second-order valence-electron chi connectivity index (χ2n) is 2.99. The lowest BCUT2D eigenvalue weighted by Gasteiger charge is -2.26. The van der Waals surface area contributed by atoms with Crippen molar-refractivity contribution in [3.8, 4) is 0 Å². The minimum Gasteiger partial charge on any atom is -0.316 e. The van der Waals surface area contributed by atoms with Crippen LogP contribution in [0.3, 0.4) is 0 Å². The molecule has 0 heterocycles. The van der Waals surface area contributed by atoms with Crippen LogP contribution in [0.15, 0.2) is 0 Å². The lowest BCUT2D eigenvalue weighted by atomic mass is 10.0. The first-order valence-corrected chi connectivity index (χ1v) is 4.07. The number of nitrogens with one attached hydrogen (secondary N) is 1. The Balaban J connectivity index is 0. The molecule has 1 atom stereocenters. The van der Waals surface area contributed by atoms with E-state index in [1.54, 1.807) is 0 Å². The Morgan fingerprint density at radius 2 is 1.89 bits per heavy atom. The van der Waals surface area contributed by atoms with Crippen LogP contribution in [-0.4, -0.2) is 21.0 Å². The van der Waals surface area contributed by atoms with E-state index in [1.165, 1.54) is 0 Å². The molecule has 0 aliphatic carbocycles. The van der Waals surface area contributed by atoms with Gasteiger partial charge in [0.15, 0.2) is 0 Å². The monoisotopic (exact) mass is 169 g/mol. The van der Waals surface area contributed by atoms with Crippen molar-refractivity contribution in [2.24, 2.45) is 0 Å². The van der Waals surface area contributed by atoms with E-state index >= 15 is 0 Å². The molecule has 2 N–H and O–H groups in total. The Labute approximate surface area is 65.8 Å². The van der Waals surface area contributed by atoms with Crippen LogP contribution < -0.4 is 5.48 Å². The molecular weight excluding hydrogens is 154 g/mol. The number of rotatable bonds is 2. The van der Waals surface area contributed by atoms with E-state index < -0.39 is 0 Å². The van der Waals surface area contributed by atoms with Gasteiger partial charge < -0.3 is 5.21 Å². The van der Waals surface area contributed by atoms with Crippen LogP contribution >= 0.6 is 12.4 Å². The van der Waals surface area contributed by atoms with Gasteiger partial charge in [-0.3, -0.25) is 0 Å². The summed E-state index contributed by atoms with van der Waals surface area (Å²) < 4.78 is 0. The summed E-state index contributed by atoms with van der Waals surface area (Å²) in [5.41, 5.74) is 2.77. The van der Waals surface area contributed by atoms with Gasteiger partial charge in [-0.15, -0.1) is 12.4 Å². The maximum Gasteiger partial charge on any atom is 0.0367 e. The summed E-state index contributed by atoms with van der Waals surface area (Å²) in [7, 11) is 1.11.